The normalized spacial score (nSPS) is 24.8. The molecule has 0 radical (unpaired) electrons. The molecule has 0 atom stereocenters. The lowest BCUT2D eigenvalue weighted by atomic mass is 9.91. The predicted octanol–water partition coefficient (Wildman–Crippen LogP) is 1.92. The fraction of sp³-hybridized carbons (Fsp3) is 1.00. The van der Waals surface area contributed by atoms with Gasteiger partial charge >= 0.3 is 0 Å². The fourth-order valence-electron chi connectivity index (χ4n) is 3.65. The maximum absolute atomic E-state index is 5.62. The van der Waals surface area contributed by atoms with Crippen molar-refractivity contribution in [2.24, 2.45) is 11.7 Å². The summed E-state index contributed by atoms with van der Waals surface area (Å²) >= 11 is 0. The average molecular weight is 253 g/mol. The minimum Gasteiger partial charge on any atom is -0.329 e. The van der Waals surface area contributed by atoms with Gasteiger partial charge in [-0.05, 0) is 51.7 Å². The van der Waals surface area contributed by atoms with E-state index in [1.165, 1.54) is 64.6 Å². The van der Waals surface area contributed by atoms with Gasteiger partial charge in [0.05, 0.1) is 0 Å². The number of nitrogens with two attached hydrogens (primary N) is 1. The van der Waals surface area contributed by atoms with Gasteiger partial charge in [-0.25, -0.2) is 0 Å². The third-order valence-corrected chi connectivity index (χ3v) is 4.90. The molecule has 2 rings (SSSR count). The molecule has 1 heterocycles. The molecule has 0 bridgehead atoms. The minimum absolute atomic E-state index is 0.812. The Labute approximate surface area is 113 Å². The average Bonchev–Trinajstić information content (AvgIpc) is 2.42. The van der Waals surface area contributed by atoms with E-state index in [1.54, 1.807) is 0 Å². The van der Waals surface area contributed by atoms with E-state index >= 15 is 0 Å². The Morgan fingerprint density at radius 2 is 1.72 bits per heavy atom. The van der Waals surface area contributed by atoms with Crippen LogP contribution in [-0.4, -0.2) is 55.6 Å². The molecule has 1 saturated carbocycles. The maximum atomic E-state index is 5.62. The van der Waals surface area contributed by atoms with Gasteiger partial charge < -0.3 is 15.5 Å². The molecule has 0 aromatic rings. The molecular weight excluding hydrogens is 222 g/mol. The molecule has 3 heteroatoms. The molecule has 0 aromatic heterocycles. The van der Waals surface area contributed by atoms with Crippen LogP contribution < -0.4 is 5.73 Å². The summed E-state index contributed by atoms with van der Waals surface area (Å²) < 4.78 is 0. The lowest BCUT2D eigenvalue weighted by molar-refractivity contribution is 0.122. The molecule has 106 valence electrons. The van der Waals surface area contributed by atoms with Gasteiger partial charge in [-0.1, -0.05) is 19.3 Å². The van der Waals surface area contributed by atoms with Gasteiger partial charge in [0.1, 0.15) is 0 Å². The zero-order chi connectivity index (χ0) is 12.8. The van der Waals surface area contributed by atoms with Crippen LogP contribution in [0.15, 0.2) is 0 Å². The zero-order valence-corrected chi connectivity index (χ0v) is 12.1. The summed E-state index contributed by atoms with van der Waals surface area (Å²) in [5.74, 6) is 0.922. The van der Waals surface area contributed by atoms with Crippen LogP contribution in [0.1, 0.15) is 44.9 Å². The number of hydrogen-bond acceptors (Lipinski definition) is 3. The van der Waals surface area contributed by atoms with Crippen LogP contribution in [0, 0.1) is 5.92 Å². The first-order valence-electron chi connectivity index (χ1n) is 7.92. The van der Waals surface area contributed by atoms with Crippen LogP contribution in [0.4, 0.5) is 0 Å². The van der Waals surface area contributed by atoms with Crippen molar-refractivity contribution < 1.29 is 0 Å². The predicted molar refractivity (Wildman–Crippen MR) is 77.7 cm³/mol. The summed E-state index contributed by atoms with van der Waals surface area (Å²) in [4.78, 5) is 5.18. The minimum atomic E-state index is 0.812. The number of rotatable bonds is 5. The Balaban J connectivity index is 1.67. The molecule has 1 saturated heterocycles. The second-order valence-electron chi connectivity index (χ2n) is 6.31. The van der Waals surface area contributed by atoms with Gasteiger partial charge in [0.2, 0.25) is 0 Å². The van der Waals surface area contributed by atoms with E-state index in [-0.39, 0.29) is 0 Å². The van der Waals surface area contributed by atoms with Crippen molar-refractivity contribution in [2.75, 3.05) is 39.8 Å². The summed E-state index contributed by atoms with van der Waals surface area (Å²) in [5.41, 5.74) is 5.62. The quantitative estimate of drug-likeness (QED) is 0.812. The van der Waals surface area contributed by atoms with Crippen molar-refractivity contribution >= 4 is 0 Å². The molecule has 2 N–H and O–H groups in total. The SMILES string of the molecule is CN(CC1CCN(CCN)CC1)C1CCCCC1. The Morgan fingerprint density at radius 3 is 2.33 bits per heavy atom. The number of hydrogen-bond donors (Lipinski definition) is 1. The van der Waals surface area contributed by atoms with Crippen molar-refractivity contribution in [3.8, 4) is 0 Å². The molecule has 0 unspecified atom stereocenters. The molecule has 2 fully saturated rings. The highest BCUT2D eigenvalue weighted by molar-refractivity contribution is 4.79. The highest BCUT2D eigenvalue weighted by Gasteiger charge is 2.23. The Morgan fingerprint density at radius 1 is 1.06 bits per heavy atom. The highest BCUT2D eigenvalue weighted by Crippen LogP contribution is 2.24. The van der Waals surface area contributed by atoms with Gasteiger partial charge in [0, 0.05) is 25.7 Å². The Hall–Kier alpha value is -0.120. The topological polar surface area (TPSA) is 32.5 Å². The summed E-state index contributed by atoms with van der Waals surface area (Å²) in [7, 11) is 2.35. The zero-order valence-electron chi connectivity index (χ0n) is 12.1. The van der Waals surface area contributed by atoms with Crippen molar-refractivity contribution in [3.05, 3.63) is 0 Å². The molecule has 2 aliphatic rings. The monoisotopic (exact) mass is 253 g/mol. The number of piperidine rings is 1. The largest absolute Gasteiger partial charge is 0.329 e. The summed E-state index contributed by atoms with van der Waals surface area (Å²) in [6, 6.07) is 0.876. The van der Waals surface area contributed by atoms with Crippen LogP contribution in [0.25, 0.3) is 0 Å². The molecule has 1 aliphatic heterocycles. The third-order valence-electron chi connectivity index (χ3n) is 4.90. The first-order chi connectivity index (χ1) is 8.79. The van der Waals surface area contributed by atoms with E-state index in [0.717, 1.165) is 25.0 Å². The van der Waals surface area contributed by atoms with Gasteiger partial charge in [-0.15, -0.1) is 0 Å². The lowest BCUT2D eigenvalue weighted by Gasteiger charge is -2.37. The first-order valence-corrected chi connectivity index (χ1v) is 7.92. The van der Waals surface area contributed by atoms with E-state index < -0.39 is 0 Å². The van der Waals surface area contributed by atoms with E-state index in [9.17, 15) is 0 Å². The van der Waals surface area contributed by atoms with Crippen LogP contribution in [-0.2, 0) is 0 Å². The number of nitrogens with zero attached hydrogens (tertiary/aromatic N) is 2. The van der Waals surface area contributed by atoms with Gasteiger partial charge in [-0.3, -0.25) is 0 Å². The van der Waals surface area contributed by atoms with E-state index in [2.05, 4.69) is 16.8 Å². The standard InChI is InChI=1S/C15H31N3/c1-17(15-5-3-2-4-6-15)13-14-7-10-18(11-8-14)12-9-16/h14-15H,2-13,16H2,1H3. The summed E-state index contributed by atoms with van der Waals surface area (Å²) in [6.07, 6.45) is 9.97. The van der Waals surface area contributed by atoms with Crippen LogP contribution >= 0.6 is 0 Å². The van der Waals surface area contributed by atoms with Crippen molar-refractivity contribution in [1.82, 2.24) is 9.80 Å². The molecule has 18 heavy (non-hydrogen) atoms. The second kappa shape index (κ2) is 7.46. The summed E-state index contributed by atoms with van der Waals surface area (Å²) in [6.45, 7) is 5.75. The highest BCUT2D eigenvalue weighted by atomic mass is 15.2. The molecular formula is C15H31N3. The van der Waals surface area contributed by atoms with Crippen molar-refractivity contribution in [3.63, 3.8) is 0 Å². The molecule has 0 aromatic carbocycles. The smallest absolute Gasteiger partial charge is 0.0105 e. The molecule has 3 nitrogen and oxygen atoms in total. The fourth-order valence-corrected chi connectivity index (χ4v) is 3.65. The van der Waals surface area contributed by atoms with Gasteiger partial charge in [-0.2, -0.15) is 0 Å². The van der Waals surface area contributed by atoms with Crippen molar-refractivity contribution in [2.45, 2.75) is 51.0 Å². The first kappa shape index (κ1) is 14.3. The summed E-state index contributed by atoms with van der Waals surface area (Å²) in [5, 5.41) is 0. The lowest BCUT2D eigenvalue weighted by Crippen LogP contribution is -2.42. The van der Waals surface area contributed by atoms with Crippen LogP contribution in [0.2, 0.25) is 0 Å². The number of likely N-dealkylation sites (tertiary alicyclic amines) is 1. The van der Waals surface area contributed by atoms with Crippen molar-refractivity contribution in [1.29, 1.82) is 0 Å². The Bertz CT molecular complexity index is 218. The third kappa shape index (κ3) is 4.22. The molecule has 0 spiro atoms. The van der Waals surface area contributed by atoms with E-state index in [4.69, 9.17) is 5.73 Å². The molecule has 0 amide bonds. The second-order valence-corrected chi connectivity index (χ2v) is 6.31. The Kier molecular flexibility index (Phi) is 5.93. The molecule has 1 aliphatic carbocycles. The maximum Gasteiger partial charge on any atom is 0.0105 e. The van der Waals surface area contributed by atoms with E-state index in [0.29, 0.717) is 0 Å². The van der Waals surface area contributed by atoms with Crippen LogP contribution in [0.5, 0.6) is 0 Å². The van der Waals surface area contributed by atoms with Crippen LogP contribution in [0.3, 0.4) is 0 Å². The van der Waals surface area contributed by atoms with Gasteiger partial charge in [0.15, 0.2) is 0 Å². The van der Waals surface area contributed by atoms with Gasteiger partial charge in [0.25, 0.3) is 0 Å². The van der Waals surface area contributed by atoms with E-state index in [1.807, 2.05) is 0 Å².